The van der Waals surface area contributed by atoms with Crippen LogP contribution in [0, 0.1) is 0 Å². The largest absolute Gasteiger partial charge is 0.491 e. The van der Waals surface area contributed by atoms with Crippen LogP contribution in [-0.2, 0) is 0 Å². The third kappa shape index (κ3) is 2.29. The van der Waals surface area contributed by atoms with Crippen LogP contribution in [0.15, 0.2) is 49.1 Å². The van der Waals surface area contributed by atoms with Crippen LogP contribution in [0.25, 0.3) is 16.9 Å². The van der Waals surface area contributed by atoms with Crippen molar-refractivity contribution in [1.29, 1.82) is 0 Å². The Morgan fingerprint density at radius 3 is 2.95 bits per heavy atom. The summed E-state index contributed by atoms with van der Waals surface area (Å²) in [6.45, 7) is 4.04. The minimum Gasteiger partial charge on any atom is -0.491 e. The smallest absolute Gasteiger partial charge is 0.155 e. The summed E-state index contributed by atoms with van der Waals surface area (Å²) in [4.78, 5) is 8.41. The van der Waals surface area contributed by atoms with Crippen molar-refractivity contribution in [2.24, 2.45) is 0 Å². The van der Waals surface area contributed by atoms with Gasteiger partial charge in [0.15, 0.2) is 5.65 Å². The molecule has 19 heavy (non-hydrogen) atoms. The van der Waals surface area contributed by atoms with Crippen LogP contribution in [0.3, 0.4) is 0 Å². The second kappa shape index (κ2) is 4.72. The van der Waals surface area contributed by atoms with Gasteiger partial charge in [-0.15, -0.1) is 0 Å². The number of benzene rings is 1. The molecule has 0 fully saturated rings. The van der Waals surface area contributed by atoms with Gasteiger partial charge in [0.05, 0.1) is 24.2 Å². The molecule has 96 valence electrons. The maximum Gasteiger partial charge on any atom is 0.155 e. The summed E-state index contributed by atoms with van der Waals surface area (Å²) in [6, 6.07) is 8.04. The zero-order valence-electron chi connectivity index (χ0n) is 10.9. The third-order valence-corrected chi connectivity index (χ3v) is 2.82. The Balaban J connectivity index is 2.06. The van der Waals surface area contributed by atoms with E-state index in [2.05, 4.69) is 16.0 Å². The van der Waals surface area contributed by atoms with Crippen LogP contribution < -0.4 is 4.74 Å². The lowest BCUT2D eigenvalue weighted by molar-refractivity contribution is 0.242. The predicted octanol–water partition coefficient (Wildman–Crippen LogP) is 3.18. The van der Waals surface area contributed by atoms with Gasteiger partial charge in [0.1, 0.15) is 5.75 Å². The van der Waals surface area contributed by atoms with Crippen LogP contribution in [0.2, 0.25) is 0 Å². The second-order valence-corrected chi connectivity index (χ2v) is 4.64. The molecule has 0 aliphatic carbocycles. The van der Waals surface area contributed by atoms with E-state index in [0.29, 0.717) is 0 Å². The van der Waals surface area contributed by atoms with Gasteiger partial charge in [0.25, 0.3) is 0 Å². The lowest BCUT2D eigenvalue weighted by atomic mass is 10.1. The van der Waals surface area contributed by atoms with Crippen LogP contribution in [0.4, 0.5) is 0 Å². The molecule has 0 saturated heterocycles. The normalized spacial score (nSPS) is 11.1. The van der Waals surface area contributed by atoms with Crippen molar-refractivity contribution < 1.29 is 4.74 Å². The Morgan fingerprint density at radius 1 is 1.21 bits per heavy atom. The van der Waals surface area contributed by atoms with Gasteiger partial charge < -0.3 is 4.74 Å². The maximum atomic E-state index is 5.72. The summed E-state index contributed by atoms with van der Waals surface area (Å²) in [6.07, 6.45) is 7.44. The maximum absolute atomic E-state index is 5.72. The van der Waals surface area contributed by atoms with Gasteiger partial charge in [-0.3, -0.25) is 9.38 Å². The minimum absolute atomic E-state index is 0.168. The summed E-state index contributed by atoms with van der Waals surface area (Å²) in [7, 11) is 0. The van der Waals surface area contributed by atoms with Gasteiger partial charge in [-0.2, -0.15) is 0 Å². The highest BCUT2D eigenvalue weighted by atomic mass is 16.5. The number of imidazole rings is 1. The Morgan fingerprint density at radius 2 is 2.11 bits per heavy atom. The number of rotatable bonds is 3. The number of fused-ring (bicyclic) bond motifs is 1. The lowest BCUT2D eigenvalue weighted by Gasteiger charge is -2.10. The van der Waals surface area contributed by atoms with Crippen molar-refractivity contribution in [2.75, 3.05) is 0 Å². The van der Waals surface area contributed by atoms with E-state index < -0.39 is 0 Å². The molecule has 3 rings (SSSR count). The van der Waals surface area contributed by atoms with Crippen molar-refractivity contribution in [3.8, 4) is 17.0 Å². The van der Waals surface area contributed by atoms with E-state index in [1.807, 2.05) is 48.8 Å². The average Bonchev–Trinajstić information content (AvgIpc) is 2.82. The monoisotopic (exact) mass is 253 g/mol. The number of hydrogen-bond donors (Lipinski definition) is 0. The number of ether oxygens (including phenoxy) is 1. The molecule has 0 amide bonds. The van der Waals surface area contributed by atoms with E-state index >= 15 is 0 Å². The van der Waals surface area contributed by atoms with Gasteiger partial charge in [-0.25, -0.2) is 4.98 Å². The zero-order chi connectivity index (χ0) is 13.2. The first-order chi connectivity index (χ1) is 9.24. The van der Waals surface area contributed by atoms with Crippen molar-refractivity contribution in [1.82, 2.24) is 14.4 Å². The summed E-state index contributed by atoms with van der Waals surface area (Å²) >= 11 is 0. The first kappa shape index (κ1) is 11.7. The molecule has 2 aromatic heterocycles. The Hall–Kier alpha value is -2.36. The van der Waals surface area contributed by atoms with E-state index in [4.69, 9.17) is 4.74 Å². The zero-order valence-corrected chi connectivity index (χ0v) is 10.9. The molecule has 0 aliphatic heterocycles. The highest BCUT2D eigenvalue weighted by Gasteiger charge is 2.07. The van der Waals surface area contributed by atoms with Crippen molar-refractivity contribution in [3.05, 3.63) is 49.1 Å². The van der Waals surface area contributed by atoms with Crippen LogP contribution in [0.1, 0.15) is 13.8 Å². The lowest BCUT2D eigenvalue weighted by Crippen LogP contribution is -2.05. The molecule has 0 aliphatic rings. The fraction of sp³-hybridized carbons (Fsp3) is 0.200. The molecule has 4 heteroatoms. The molecule has 0 atom stereocenters. The highest BCUT2D eigenvalue weighted by molar-refractivity contribution is 5.64. The van der Waals surface area contributed by atoms with Gasteiger partial charge in [-0.1, -0.05) is 12.1 Å². The molecule has 1 aromatic carbocycles. The van der Waals surface area contributed by atoms with Crippen LogP contribution in [-0.4, -0.2) is 20.5 Å². The van der Waals surface area contributed by atoms with Crippen molar-refractivity contribution >= 4 is 5.65 Å². The molecular formula is C15H15N3O. The molecule has 4 nitrogen and oxygen atoms in total. The molecular weight excluding hydrogens is 238 g/mol. The standard InChI is InChI=1S/C15H15N3O/c1-11(2)19-13-5-3-4-12(8-13)14-9-17-15-10-16-6-7-18(14)15/h3-11H,1-2H3. The predicted molar refractivity (Wildman–Crippen MR) is 74.2 cm³/mol. The molecule has 0 N–H and O–H groups in total. The molecule has 3 aromatic rings. The number of nitrogens with zero attached hydrogens (tertiary/aromatic N) is 3. The van der Waals surface area contributed by atoms with Crippen LogP contribution in [0.5, 0.6) is 5.75 Å². The van der Waals surface area contributed by atoms with Crippen molar-refractivity contribution in [3.63, 3.8) is 0 Å². The van der Waals surface area contributed by atoms with E-state index in [9.17, 15) is 0 Å². The SMILES string of the molecule is CC(C)Oc1cccc(-c2cnc3cnccn23)c1. The average molecular weight is 253 g/mol. The summed E-state index contributed by atoms with van der Waals surface area (Å²) in [5.74, 6) is 0.872. The van der Waals surface area contributed by atoms with Gasteiger partial charge in [0, 0.05) is 18.0 Å². The summed E-state index contributed by atoms with van der Waals surface area (Å²) in [5, 5.41) is 0. The van der Waals surface area contributed by atoms with E-state index in [0.717, 1.165) is 22.7 Å². The molecule has 0 radical (unpaired) electrons. The second-order valence-electron chi connectivity index (χ2n) is 4.64. The minimum atomic E-state index is 0.168. The topological polar surface area (TPSA) is 39.4 Å². The quantitative estimate of drug-likeness (QED) is 0.719. The fourth-order valence-electron chi connectivity index (χ4n) is 2.06. The van der Waals surface area contributed by atoms with E-state index in [-0.39, 0.29) is 6.10 Å². The third-order valence-electron chi connectivity index (χ3n) is 2.82. The Bertz CT molecular complexity index is 703. The molecule has 0 bridgehead atoms. The van der Waals surface area contributed by atoms with Gasteiger partial charge in [-0.05, 0) is 26.0 Å². The molecule has 2 heterocycles. The molecule has 0 saturated carbocycles. The molecule has 0 unspecified atom stereocenters. The fourth-order valence-corrected chi connectivity index (χ4v) is 2.06. The highest BCUT2D eigenvalue weighted by Crippen LogP contribution is 2.24. The first-order valence-electron chi connectivity index (χ1n) is 6.28. The molecule has 0 spiro atoms. The Kier molecular flexibility index (Phi) is 2.91. The summed E-state index contributed by atoms with van der Waals surface area (Å²) < 4.78 is 7.74. The van der Waals surface area contributed by atoms with Crippen LogP contribution >= 0.6 is 0 Å². The van der Waals surface area contributed by atoms with E-state index in [1.165, 1.54) is 0 Å². The number of hydrogen-bond acceptors (Lipinski definition) is 3. The summed E-state index contributed by atoms with van der Waals surface area (Å²) in [5.41, 5.74) is 2.95. The number of aromatic nitrogens is 3. The van der Waals surface area contributed by atoms with Gasteiger partial charge >= 0.3 is 0 Å². The van der Waals surface area contributed by atoms with E-state index in [1.54, 1.807) is 12.4 Å². The van der Waals surface area contributed by atoms with Gasteiger partial charge in [0.2, 0.25) is 0 Å². The van der Waals surface area contributed by atoms with Crippen molar-refractivity contribution in [2.45, 2.75) is 20.0 Å². The first-order valence-corrected chi connectivity index (χ1v) is 6.28. The Labute approximate surface area is 111 Å².